The molecule has 1 heterocycles. The van der Waals surface area contributed by atoms with Gasteiger partial charge in [-0.3, -0.25) is 0 Å². The molecule has 0 aromatic carbocycles. The molecule has 0 saturated carbocycles. The zero-order chi connectivity index (χ0) is 9.84. The second-order valence-corrected chi connectivity index (χ2v) is 3.97. The van der Waals surface area contributed by atoms with Gasteiger partial charge < -0.3 is 0 Å². The summed E-state index contributed by atoms with van der Waals surface area (Å²) in [6, 6.07) is 1.64. The normalized spacial score (nSPS) is 10.5. The topological polar surface area (TPSA) is 12.9 Å². The van der Waals surface area contributed by atoms with Gasteiger partial charge in [0.1, 0.15) is 5.15 Å². The molecule has 0 spiro atoms. The van der Waals surface area contributed by atoms with E-state index in [1.54, 1.807) is 6.07 Å². The molecule has 0 radical (unpaired) electrons. The largest absolute Gasteiger partial charge is 0.238 e. The highest BCUT2D eigenvalue weighted by molar-refractivity contribution is 6.42. The maximum atomic E-state index is 5.93. The van der Waals surface area contributed by atoms with E-state index < -0.39 is 0 Å². The number of aryl methyl sites for hydroxylation is 1. The van der Waals surface area contributed by atoms with Crippen LogP contribution in [-0.2, 0) is 6.42 Å². The van der Waals surface area contributed by atoms with Crippen LogP contribution in [0.25, 0.3) is 0 Å². The summed E-state index contributed by atoms with van der Waals surface area (Å²) >= 11 is 17.4. The molecule has 0 unspecified atom stereocenters. The molecule has 0 aliphatic carbocycles. The van der Waals surface area contributed by atoms with Crippen LogP contribution in [0.2, 0.25) is 15.2 Å². The fourth-order valence-electron chi connectivity index (χ4n) is 0.999. The van der Waals surface area contributed by atoms with E-state index in [9.17, 15) is 0 Å². The van der Waals surface area contributed by atoms with Crippen molar-refractivity contribution in [3.8, 4) is 0 Å². The van der Waals surface area contributed by atoms with Crippen molar-refractivity contribution in [3.63, 3.8) is 0 Å². The minimum atomic E-state index is 0.331. The molecule has 72 valence electrons. The lowest BCUT2D eigenvalue weighted by Gasteiger charge is -2.03. The number of hydrogen-bond acceptors (Lipinski definition) is 1. The fourth-order valence-corrected chi connectivity index (χ4v) is 1.61. The number of nitrogens with zero attached hydrogens (tertiary/aromatic N) is 1. The minimum Gasteiger partial charge on any atom is -0.238 e. The highest BCUT2D eigenvalue weighted by atomic mass is 35.5. The van der Waals surface area contributed by atoms with Crippen molar-refractivity contribution >= 4 is 34.8 Å². The third-order valence-electron chi connectivity index (χ3n) is 1.73. The molecule has 0 amide bonds. The predicted molar refractivity (Wildman–Crippen MR) is 57.9 cm³/mol. The monoisotopic (exact) mass is 237 g/mol. The highest BCUT2D eigenvalue weighted by Crippen LogP contribution is 2.26. The summed E-state index contributed by atoms with van der Waals surface area (Å²) in [5.41, 5.74) is 0.831. The summed E-state index contributed by atoms with van der Waals surface area (Å²) in [4.78, 5) is 4.11. The molecular formula is C9H10Cl3N. The quantitative estimate of drug-likeness (QED) is 0.712. The fraction of sp³-hybridized carbons (Fsp3) is 0.444. The van der Waals surface area contributed by atoms with Gasteiger partial charge in [0.05, 0.1) is 15.7 Å². The Hall–Kier alpha value is 0.0200. The van der Waals surface area contributed by atoms with E-state index >= 15 is 0 Å². The van der Waals surface area contributed by atoms with Crippen molar-refractivity contribution in [2.24, 2.45) is 0 Å². The lowest BCUT2D eigenvalue weighted by atomic mass is 10.2. The van der Waals surface area contributed by atoms with Crippen molar-refractivity contribution in [3.05, 3.63) is 27.0 Å². The predicted octanol–water partition coefficient (Wildman–Crippen LogP) is 4.38. The van der Waals surface area contributed by atoms with E-state index in [1.165, 1.54) is 0 Å². The molecule has 0 saturated heterocycles. The van der Waals surface area contributed by atoms with Crippen LogP contribution >= 0.6 is 34.8 Å². The van der Waals surface area contributed by atoms with E-state index in [0.29, 0.717) is 15.2 Å². The van der Waals surface area contributed by atoms with E-state index in [-0.39, 0.29) is 0 Å². The standard InChI is InChI=1S/C9H10Cl3N/c1-2-3-4-8-6(10)5-7(11)9(12)13-8/h5H,2-4H2,1H3. The second-order valence-electron chi connectivity index (χ2n) is 2.79. The summed E-state index contributed by atoms with van der Waals surface area (Å²) < 4.78 is 0. The van der Waals surface area contributed by atoms with Gasteiger partial charge in [-0.15, -0.1) is 0 Å². The van der Waals surface area contributed by atoms with E-state index in [1.807, 2.05) is 0 Å². The van der Waals surface area contributed by atoms with Crippen molar-refractivity contribution in [1.82, 2.24) is 4.98 Å². The average molecular weight is 239 g/mol. The molecular weight excluding hydrogens is 228 g/mol. The van der Waals surface area contributed by atoms with Gasteiger partial charge in [-0.05, 0) is 18.9 Å². The first-order valence-electron chi connectivity index (χ1n) is 4.15. The molecule has 13 heavy (non-hydrogen) atoms. The van der Waals surface area contributed by atoms with Crippen LogP contribution in [0.4, 0.5) is 0 Å². The summed E-state index contributed by atoms with van der Waals surface area (Å²) in [6.07, 6.45) is 3.02. The van der Waals surface area contributed by atoms with Crippen molar-refractivity contribution in [2.75, 3.05) is 0 Å². The summed E-state index contributed by atoms with van der Waals surface area (Å²) in [5.74, 6) is 0. The SMILES string of the molecule is CCCCc1nc(Cl)c(Cl)cc1Cl. The van der Waals surface area contributed by atoms with Crippen LogP contribution in [-0.4, -0.2) is 4.98 Å². The Bertz CT molecular complexity index is 299. The van der Waals surface area contributed by atoms with E-state index in [0.717, 1.165) is 25.0 Å². The Balaban J connectivity index is 2.88. The first kappa shape index (κ1) is 11.1. The molecule has 4 heteroatoms. The van der Waals surface area contributed by atoms with Crippen molar-refractivity contribution in [1.29, 1.82) is 0 Å². The molecule has 1 aromatic rings. The molecule has 1 aromatic heterocycles. The Morgan fingerprint density at radius 3 is 2.54 bits per heavy atom. The molecule has 1 rings (SSSR count). The maximum absolute atomic E-state index is 5.93. The summed E-state index contributed by atoms with van der Waals surface area (Å²) in [6.45, 7) is 2.12. The Morgan fingerprint density at radius 2 is 1.92 bits per heavy atom. The molecule has 0 atom stereocenters. The number of rotatable bonds is 3. The molecule has 0 aliphatic heterocycles. The highest BCUT2D eigenvalue weighted by Gasteiger charge is 2.06. The van der Waals surface area contributed by atoms with Crippen LogP contribution < -0.4 is 0 Å². The van der Waals surface area contributed by atoms with Gasteiger partial charge in [-0.2, -0.15) is 0 Å². The van der Waals surface area contributed by atoms with Gasteiger partial charge in [0.15, 0.2) is 0 Å². The van der Waals surface area contributed by atoms with Gasteiger partial charge in [0, 0.05) is 0 Å². The number of aromatic nitrogens is 1. The van der Waals surface area contributed by atoms with Gasteiger partial charge in [-0.1, -0.05) is 48.1 Å². The lowest BCUT2D eigenvalue weighted by Crippen LogP contribution is -1.92. The van der Waals surface area contributed by atoms with Crippen LogP contribution in [0.3, 0.4) is 0 Å². The first-order valence-corrected chi connectivity index (χ1v) is 5.29. The number of unbranched alkanes of at least 4 members (excludes halogenated alkanes) is 1. The van der Waals surface area contributed by atoms with Crippen molar-refractivity contribution in [2.45, 2.75) is 26.2 Å². The second kappa shape index (κ2) is 5.04. The molecule has 0 aliphatic rings. The summed E-state index contributed by atoms with van der Waals surface area (Å²) in [5, 5.41) is 1.34. The third-order valence-corrected chi connectivity index (χ3v) is 2.73. The summed E-state index contributed by atoms with van der Waals surface area (Å²) in [7, 11) is 0. The third kappa shape index (κ3) is 3.01. The van der Waals surface area contributed by atoms with Gasteiger partial charge in [0.2, 0.25) is 0 Å². The Kier molecular flexibility index (Phi) is 4.30. The zero-order valence-electron chi connectivity index (χ0n) is 7.28. The van der Waals surface area contributed by atoms with Crippen LogP contribution in [0.1, 0.15) is 25.5 Å². The van der Waals surface area contributed by atoms with Gasteiger partial charge in [-0.25, -0.2) is 4.98 Å². The maximum Gasteiger partial charge on any atom is 0.148 e. The first-order chi connectivity index (χ1) is 6.15. The Morgan fingerprint density at radius 1 is 1.23 bits per heavy atom. The van der Waals surface area contributed by atoms with Gasteiger partial charge >= 0.3 is 0 Å². The van der Waals surface area contributed by atoms with Gasteiger partial charge in [0.25, 0.3) is 0 Å². The van der Waals surface area contributed by atoms with Crippen LogP contribution in [0.5, 0.6) is 0 Å². The Labute approximate surface area is 93.0 Å². The number of hydrogen-bond donors (Lipinski definition) is 0. The van der Waals surface area contributed by atoms with E-state index in [2.05, 4.69) is 11.9 Å². The smallest absolute Gasteiger partial charge is 0.148 e. The molecule has 1 nitrogen and oxygen atoms in total. The van der Waals surface area contributed by atoms with Crippen LogP contribution in [0, 0.1) is 0 Å². The zero-order valence-corrected chi connectivity index (χ0v) is 9.55. The van der Waals surface area contributed by atoms with E-state index in [4.69, 9.17) is 34.8 Å². The average Bonchev–Trinajstić information content (AvgIpc) is 2.09. The number of halogens is 3. The number of pyridine rings is 1. The minimum absolute atomic E-state index is 0.331. The lowest BCUT2D eigenvalue weighted by molar-refractivity contribution is 0.777. The van der Waals surface area contributed by atoms with Crippen LogP contribution in [0.15, 0.2) is 6.07 Å². The molecule has 0 fully saturated rings. The molecule has 0 N–H and O–H groups in total. The van der Waals surface area contributed by atoms with Crippen molar-refractivity contribution < 1.29 is 0 Å². The molecule has 0 bridgehead atoms.